The summed E-state index contributed by atoms with van der Waals surface area (Å²) < 4.78 is 5.24. The summed E-state index contributed by atoms with van der Waals surface area (Å²) >= 11 is 0. The molecule has 0 radical (unpaired) electrons. The Labute approximate surface area is 104 Å². The summed E-state index contributed by atoms with van der Waals surface area (Å²) in [6, 6.07) is 0.308. The Hall–Kier alpha value is -0.610. The zero-order valence-corrected chi connectivity index (χ0v) is 10.8. The molecule has 98 valence electrons. The van der Waals surface area contributed by atoms with E-state index in [1.54, 1.807) is 7.11 Å². The number of carbonyl (C=O) groups excluding carboxylic acids is 1. The van der Waals surface area contributed by atoms with Gasteiger partial charge >= 0.3 is 0 Å². The third-order valence-electron chi connectivity index (χ3n) is 3.92. The van der Waals surface area contributed by atoms with Gasteiger partial charge < -0.3 is 15.0 Å². The molecular formula is C13H24N2O2. The molecule has 2 rings (SSSR count). The van der Waals surface area contributed by atoms with Gasteiger partial charge in [-0.3, -0.25) is 4.79 Å². The molecule has 2 atom stereocenters. The van der Waals surface area contributed by atoms with E-state index < -0.39 is 0 Å². The fourth-order valence-electron chi connectivity index (χ4n) is 2.95. The summed E-state index contributed by atoms with van der Waals surface area (Å²) in [6.07, 6.45) is 5.63. The first kappa shape index (κ1) is 12.8. The molecule has 2 aliphatic rings. The van der Waals surface area contributed by atoms with Crippen LogP contribution in [-0.2, 0) is 9.53 Å². The van der Waals surface area contributed by atoms with E-state index >= 15 is 0 Å². The van der Waals surface area contributed by atoms with Crippen molar-refractivity contribution in [2.75, 3.05) is 33.4 Å². The lowest BCUT2D eigenvalue weighted by molar-refractivity contribution is -0.141. The number of rotatable bonds is 3. The second kappa shape index (κ2) is 6.36. The molecule has 0 aromatic rings. The third kappa shape index (κ3) is 3.19. The van der Waals surface area contributed by atoms with E-state index in [9.17, 15) is 4.79 Å². The van der Waals surface area contributed by atoms with Crippen LogP contribution in [0, 0.1) is 5.92 Å². The second-order valence-electron chi connectivity index (χ2n) is 5.18. The van der Waals surface area contributed by atoms with E-state index in [0.29, 0.717) is 18.6 Å². The first-order valence-corrected chi connectivity index (χ1v) is 6.83. The van der Waals surface area contributed by atoms with Crippen LogP contribution in [0.2, 0.25) is 0 Å². The summed E-state index contributed by atoms with van der Waals surface area (Å²) in [5, 5.41) is 3.32. The number of carbonyl (C=O) groups is 1. The number of hydrogen-bond donors (Lipinski definition) is 1. The highest BCUT2D eigenvalue weighted by molar-refractivity contribution is 5.79. The van der Waals surface area contributed by atoms with Gasteiger partial charge in [0.05, 0.1) is 18.6 Å². The van der Waals surface area contributed by atoms with Crippen molar-refractivity contribution in [2.24, 2.45) is 5.92 Å². The summed E-state index contributed by atoms with van der Waals surface area (Å²) in [4.78, 5) is 14.5. The SMILES string of the molecule is COC[C@@H]1CCCCN1C(=O)[C@@H]1CCCNC1. The fourth-order valence-corrected chi connectivity index (χ4v) is 2.95. The molecule has 2 saturated heterocycles. The quantitative estimate of drug-likeness (QED) is 0.800. The van der Waals surface area contributed by atoms with E-state index in [-0.39, 0.29) is 5.92 Å². The van der Waals surface area contributed by atoms with Gasteiger partial charge in [-0.05, 0) is 38.6 Å². The van der Waals surface area contributed by atoms with Gasteiger partial charge in [-0.25, -0.2) is 0 Å². The standard InChI is InChI=1S/C13H24N2O2/c1-17-10-12-6-2-3-8-15(12)13(16)11-5-4-7-14-9-11/h11-12,14H,2-10H2,1H3/t11-,12+/m1/s1. The molecule has 1 amide bonds. The Morgan fingerprint density at radius 1 is 1.35 bits per heavy atom. The van der Waals surface area contributed by atoms with Crippen LogP contribution >= 0.6 is 0 Å². The molecule has 4 nitrogen and oxygen atoms in total. The topological polar surface area (TPSA) is 41.6 Å². The molecule has 0 unspecified atom stereocenters. The van der Waals surface area contributed by atoms with Crippen molar-refractivity contribution in [3.05, 3.63) is 0 Å². The summed E-state index contributed by atoms with van der Waals surface area (Å²) in [6.45, 7) is 3.52. The predicted molar refractivity (Wildman–Crippen MR) is 66.8 cm³/mol. The third-order valence-corrected chi connectivity index (χ3v) is 3.92. The summed E-state index contributed by atoms with van der Waals surface area (Å²) in [5.41, 5.74) is 0. The van der Waals surface area contributed by atoms with E-state index in [1.807, 2.05) is 0 Å². The van der Waals surface area contributed by atoms with Crippen LogP contribution < -0.4 is 5.32 Å². The van der Waals surface area contributed by atoms with E-state index in [2.05, 4.69) is 10.2 Å². The van der Waals surface area contributed by atoms with Gasteiger partial charge in [0.2, 0.25) is 5.91 Å². The van der Waals surface area contributed by atoms with Gasteiger partial charge in [0.15, 0.2) is 0 Å². The Morgan fingerprint density at radius 3 is 2.94 bits per heavy atom. The molecule has 0 spiro atoms. The summed E-state index contributed by atoms with van der Waals surface area (Å²) in [7, 11) is 1.72. The maximum absolute atomic E-state index is 12.5. The highest BCUT2D eigenvalue weighted by Gasteiger charge is 2.31. The smallest absolute Gasteiger partial charge is 0.227 e. The number of piperidine rings is 2. The summed E-state index contributed by atoms with van der Waals surface area (Å²) in [5.74, 6) is 0.542. The molecule has 2 fully saturated rings. The van der Waals surface area contributed by atoms with Gasteiger partial charge in [-0.15, -0.1) is 0 Å². The van der Waals surface area contributed by atoms with E-state index in [4.69, 9.17) is 4.74 Å². The normalized spacial score (nSPS) is 30.3. The van der Waals surface area contributed by atoms with Crippen LogP contribution in [0.25, 0.3) is 0 Å². The average Bonchev–Trinajstić information content (AvgIpc) is 2.40. The number of ether oxygens (including phenoxy) is 1. The molecule has 1 N–H and O–H groups in total. The monoisotopic (exact) mass is 240 g/mol. The number of nitrogens with zero attached hydrogens (tertiary/aromatic N) is 1. The average molecular weight is 240 g/mol. The van der Waals surface area contributed by atoms with Crippen LogP contribution in [0.1, 0.15) is 32.1 Å². The molecule has 17 heavy (non-hydrogen) atoms. The lowest BCUT2D eigenvalue weighted by atomic mass is 9.94. The zero-order chi connectivity index (χ0) is 12.1. The highest BCUT2D eigenvalue weighted by Crippen LogP contribution is 2.22. The van der Waals surface area contributed by atoms with Crippen molar-refractivity contribution in [3.8, 4) is 0 Å². The maximum Gasteiger partial charge on any atom is 0.227 e. The lowest BCUT2D eigenvalue weighted by Gasteiger charge is -2.38. The van der Waals surface area contributed by atoms with Gasteiger partial charge in [0.25, 0.3) is 0 Å². The number of likely N-dealkylation sites (tertiary alicyclic amines) is 1. The van der Waals surface area contributed by atoms with Gasteiger partial charge in [0, 0.05) is 20.2 Å². The molecule has 0 aromatic heterocycles. The molecule has 0 aliphatic carbocycles. The predicted octanol–water partition coefficient (Wildman–Crippen LogP) is 1.01. The first-order valence-electron chi connectivity index (χ1n) is 6.83. The lowest BCUT2D eigenvalue weighted by Crippen LogP contribution is -2.50. The van der Waals surface area contributed by atoms with Crippen LogP contribution in [0.15, 0.2) is 0 Å². The Kier molecular flexibility index (Phi) is 4.80. The Balaban J connectivity index is 1.94. The minimum Gasteiger partial charge on any atom is -0.383 e. The molecule has 4 heteroatoms. The zero-order valence-electron chi connectivity index (χ0n) is 10.8. The Morgan fingerprint density at radius 2 is 2.24 bits per heavy atom. The number of methoxy groups -OCH3 is 1. The number of amides is 1. The largest absolute Gasteiger partial charge is 0.383 e. The second-order valence-corrected chi connectivity index (χ2v) is 5.18. The minimum absolute atomic E-state index is 0.196. The van der Waals surface area contributed by atoms with Crippen molar-refractivity contribution < 1.29 is 9.53 Å². The van der Waals surface area contributed by atoms with Crippen LogP contribution in [0.5, 0.6) is 0 Å². The fraction of sp³-hybridized carbons (Fsp3) is 0.923. The van der Waals surface area contributed by atoms with Crippen molar-refractivity contribution in [3.63, 3.8) is 0 Å². The van der Waals surface area contributed by atoms with E-state index in [1.165, 1.54) is 6.42 Å². The van der Waals surface area contributed by atoms with Gasteiger partial charge in [-0.2, -0.15) is 0 Å². The molecule has 0 aromatic carbocycles. The highest BCUT2D eigenvalue weighted by atomic mass is 16.5. The molecule has 2 aliphatic heterocycles. The van der Waals surface area contributed by atoms with Crippen molar-refractivity contribution in [2.45, 2.75) is 38.1 Å². The van der Waals surface area contributed by atoms with Crippen LogP contribution in [0.3, 0.4) is 0 Å². The van der Waals surface area contributed by atoms with Crippen molar-refractivity contribution in [1.82, 2.24) is 10.2 Å². The molecule has 0 bridgehead atoms. The number of nitrogens with one attached hydrogen (secondary N) is 1. The Bertz CT molecular complexity index is 250. The molecular weight excluding hydrogens is 216 g/mol. The first-order chi connectivity index (χ1) is 8.33. The number of hydrogen-bond acceptors (Lipinski definition) is 3. The van der Waals surface area contributed by atoms with Gasteiger partial charge in [0.1, 0.15) is 0 Å². The van der Waals surface area contributed by atoms with Crippen LogP contribution in [-0.4, -0.2) is 50.2 Å². The van der Waals surface area contributed by atoms with E-state index in [0.717, 1.165) is 45.3 Å². The van der Waals surface area contributed by atoms with Gasteiger partial charge in [-0.1, -0.05) is 0 Å². The molecule has 0 saturated carbocycles. The van der Waals surface area contributed by atoms with Crippen LogP contribution in [0.4, 0.5) is 0 Å². The minimum atomic E-state index is 0.196. The van der Waals surface area contributed by atoms with Crippen molar-refractivity contribution in [1.29, 1.82) is 0 Å². The van der Waals surface area contributed by atoms with Crippen molar-refractivity contribution >= 4 is 5.91 Å². The maximum atomic E-state index is 12.5. The molecule has 2 heterocycles.